The molecule has 8 nitrogen and oxygen atoms in total. The molecule has 0 spiro atoms. The third-order valence-electron chi connectivity index (χ3n) is 10.00. The molecule has 3 aromatic carbocycles. The number of H-pyrrole nitrogens is 1. The van der Waals surface area contributed by atoms with Gasteiger partial charge < -0.3 is 19.9 Å². The van der Waals surface area contributed by atoms with E-state index in [-0.39, 0.29) is 30.6 Å². The normalized spacial score (nSPS) is 18.7. The van der Waals surface area contributed by atoms with Gasteiger partial charge in [0.2, 0.25) is 5.91 Å². The standard InChI is InChI=1S/C43H58N4O4S/c1-2-3-4-5-6-7-8-9-10-11-12-13-17-20-39(49)44-29-33-21-27-37(28-22-33)42-50-38(31-52-43-45-32-46-47-43)40(35-18-15-14-16-19-35)41(51-42)36-25-23-34(30-48)24-26-36/h14-16,18-19,21-28,32,38,40-42,48H,2-13,17,20,29-31H2,1H3,(H,44,49)(H,45,46,47)/t38-,40-,41+,42?/m1/s1. The van der Waals surface area contributed by atoms with E-state index in [4.69, 9.17) is 9.47 Å². The molecule has 5 rings (SSSR count). The molecule has 4 atom stereocenters. The first-order valence-corrected chi connectivity index (χ1v) is 20.5. The van der Waals surface area contributed by atoms with Crippen LogP contribution in [0.3, 0.4) is 0 Å². The fraction of sp³-hybridized carbons (Fsp3) is 0.512. The maximum Gasteiger partial charge on any atom is 0.220 e. The lowest BCUT2D eigenvalue weighted by molar-refractivity contribution is -0.255. The van der Waals surface area contributed by atoms with E-state index in [0.29, 0.717) is 18.7 Å². The average Bonchev–Trinajstić information content (AvgIpc) is 3.72. The molecule has 0 radical (unpaired) electrons. The molecule has 4 aromatic rings. The van der Waals surface area contributed by atoms with Gasteiger partial charge in [-0.05, 0) is 28.7 Å². The number of amides is 1. The highest BCUT2D eigenvalue weighted by atomic mass is 32.2. The predicted octanol–water partition coefficient (Wildman–Crippen LogP) is 10.1. The van der Waals surface area contributed by atoms with E-state index in [1.165, 1.54) is 77.0 Å². The molecule has 1 saturated heterocycles. The zero-order valence-corrected chi connectivity index (χ0v) is 31.7. The number of benzene rings is 3. The number of aromatic amines is 1. The molecule has 1 aliphatic heterocycles. The Morgan fingerprint density at radius 2 is 1.37 bits per heavy atom. The number of carbonyl (C=O) groups is 1. The molecule has 0 saturated carbocycles. The number of aliphatic hydroxyl groups excluding tert-OH is 1. The highest BCUT2D eigenvalue weighted by Gasteiger charge is 2.42. The number of carbonyl (C=O) groups excluding carboxylic acids is 1. The van der Waals surface area contributed by atoms with Crippen molar-refractivity contribution in [1.29, 1.82) is 0 Å². The largest absolute Gasteiger partial charge is 0.392 e. The molecule has 1 amide bonds. The predicted molar refractivity (Wildman–Crippen MR) is 209 cm³/mol. The van der Waals surface area contributed by atoms with Gasteiger partial charge in [-0.15, -0.1) is 0 Å². The van der Waals surface area contributed by atoms with Gasteiger partial charge in [-0.3, -0.25) is 9.89 Å². The van der Waals surface area contributed by atoms with Crippen LogP contribution in [-0.4, -0.2) is 38.1 Å². The summed E-state index contributed by atoms with van der Waals surface area (Å²) >= 11 is 1.58. The Hall–Kier alpha value is -3.50. The van der Waals surface area contributed by atoms with E-state index in [2.05, 4.69) is 39.6 Å². The lowest BCUT2D eigenvalue weighted by atomic mass is 9.84. The van der Waals surface area contributed by atoms with Crippen LogP contribution in [0.5, 0.6) is 0 Å². The van der Waals surface area contributed by atoms with Crippen molar-refractivity contribution in [3.8, 4) is 0 Å². The first kappa shape index (κ1) is 39.7. The number of nitrogens with zero attached hydrogens (tertiary/aromatic N) is 2. The minimum atomic E-state index is -0.595. The summed E-state index contributed by atoms with van der Waals surface area (Å²) in [4.78, 5) is 16.9. The van der Waals surface area contributed by atoms with Crippen molar-refractivity contribution in [2.24, 2.45) is 0 Å². The maximum absolute atomic E-state index is 12.6. The third kappa shape index (κ3) is 12.9. The number of nitrogens with one attached hydrogen (secondary N) is 2. The van der Waals surface area contributed by atoms with E-state index in [1.54, 1.807) is 11.8 Å². The minimum Gasteiger partial charge on any atom is -0.392 e. The monoisotopic (exact) mass is 726 g/mol. The topological polar surface area (TPSA) is 109 Å². The van der Waals surface area contributed by atoms with Crippen LogP contribution in [0.25, 0.3) is 0 Å². The van der Waals surface area contributed by atoms with Gasteiger partial charge in [0.05, 0.1) is 18.8 Å². The van der Waals surface area contributed by atoms with Gasteiger partial charge in [-0.2, -0.15) is 5.10 Å². The number of thioether (sulfide) groups is 1. The Bertz CT molecular complexity index is 1540. The van der Waals surface area contributed by atoms with Crippen molar-refractivity contribution in [1.82, 2.24) is 20.5 Å². The number of hydrogen-bond acceptors (Lipinski definition) is 7. The highest BCUT2D eigenvalue weighted by Crippen LogP contribution is 2.47. The van der Waals surface area contributed by atoms with Crippen molar-refractivity contribution < 1.29 is 19.4 Å². The van der Waals surface area contributed by atoms with E-state index in [9.17, 15) is 9.90 Å². The van der Waals surface area contributed by atoms with Gasteiger partial charge >= 0.3 is 0 Å². The first-order chi connectivity index (χ1) is 25.6. The SMILES string of the molecule is CCCCCCCCCCCCCCCC(=O)NCc1ccc(C2O[C@H](CSc3ncn[nH]3)[C@@H](c3ccccc3)[C@H](c3ccc(CO)cc3)O2)cc1. The molecule has 3 N–H and O–H groups in total. The van der Waals surface area contributed by atoms with E-state index in [0.717, 1.165) is 45.8 Å². The molecule has 52 heavy (non-hydrogen) atoms. The molecule has 2 heterocycles. The van der Waals surface area contributed by atoms with E-state index < -0.39 is 6.29 Å². The molecule has 280 valence electrons. The van der Waals surface area contributed by atoms with Crippen molar-refractivity contribution in [2.45, 2.75) is 140 Å². The Kier molecular flexibility index (Phi) is 17.2. The Morgan fingerprint density at radius 3 is 1.98 bits per heavy atom. The summed E-state index contributed by atoms with van der Waals surface area (Å²) < 4.78 is 13.6. The number of ether oxygens (including phenoxy) is 2. The number of rotatable bonds is 23. The van der Waals surface area contributed by atoms with E-state index >= 15 is 0 Å². The van der Waals surface area contributed by atoms with Crippen LogP contribution in [0.2, 0.25) is 0 Å². The fourth-order valence-electron chi connectivity index (χ4n) is 6.96. The Balaban J connectivity index is 1.12. The van der Waals surface area contributed by atoms with Crippen LogP contribution in [0, 0.1) is 0 Å². The number of unbranched alkanes of at least 4 members (excludes halogenated alkanes) is 12. The summed E-state index contributed by atoms with van der Waals surface area (Å²) in [6, 6.07) is 26.5. The summed E-state index contributed by atoms with van der Waals surface area (Å²) in [5.41, 5.74) is 4.96. The fourth-order valence-corrected chi connectivity index (χ4v) is 7.81. The van der Waals surface area contributed by atoms with Crippen molar-refractivity contribution in [3.05, 3.63) is 113 Å². The van der Waals surface area contributed by atoms with Crippen molar-refractivity contribution in [2.75, 3.05) is 5.75 Å². The third-order valence-corrected chi connectivity index (χ3v) is 11.0. The summed E-state index contributed by atoms with van der Waals surface area (Å²) in [7, 11) is 0. The average molecular weight is 727 g/mol. The second-order valence-corrected chi connectivity index (χ2v) is 15.0. The molecule has 9 heteroatoms. The summed E-state index contributed by atoms with van der Waals surface area (Å²) in [5.74, 6) is 0.667. The van der Waals surface area contributed by atoms with Gasteiger partial charge in [0.25, 0.3) is 0 Å². The molecule has 1 unspecified atom stereocenters. The summed E-state index contributed by atoms with van der Waals surface area (Å²) in [5, 5.41) is 20.5. The molecule has 0 bridgehead atoms. The van der Waals surface area contributed by atoms with Crippen molar-refractivity contribution in [3.63, 3.8) is 0 Å². The molecular weight excluding hydrogens is 669 g/mol. The molecular formula is C43H58N4O4S. The highest BCUT2D eigenvalue weighted by molar-refractivity contribution is 7.99. The summed E-state index contributed by atoms with van der Waals surface area (Å²) in [6.07, 6.45) is 17.9. The summed E-state index contributed by atoms with van der Waals surface area (Å²) in [6.45, 7) is 2.76. The Morgan fingerprint density at radius 1 is 0.750 bits per heavy atom. The van der Waals surface area contributed by atoms with Crippen LogP contribution in [-0.2, 0) is 27.4 Å². The van der Waals surface area contributed by atoms with Crippen molar-refractivity contribution >= 4 is 17.7 Å². The van der Waals surface area contributed by atoms with Gasteiger partial charge in [0.15, 0.2) is 11.4 Å². The van der Waals surface area contributed by atoms with Gasteiger partial charge in [0, 0.05) is 30.2 Å². The van der Waals surface area contributed by atoms with Crippen LogP contribution in [0.1, 0.15) is 143 Å². The van der Waals surface area contributed by atoms with Gasteiger partial charge in [-0.1, -0.05) is 175 Å². The minimum absolute atomic E-state index is 0.0116. The number of hydrogen-bond donors (Lipinski definition) is 3. The second-order valence-electron chi connectivity index (χ2n) is 14.0. The quantitative estimate of drug-likeness (QED) is 0.0516. The molecule has 1 fully saturated rings. The van der Waals surface area contributed by atoms with Crippen LogP contribution in [0.15, 0.2) is 90.3 Å². The van der Waals surface area contributed by atoms with Crippen LogP contribution >= 0.6 is 11.8 Å². The molecule has 0 aliphatic carbocycles. The van der Waals surface area contributed by atoms with E-state index in [1.807, 2.05) is 66.7 Å². The lowest BCUT2D eigenvalue weighted by Crippen LogP contribution is -2.38. The first-order valence-electron chi connectivity index (χ1n) is 19.5. The second kappa shape index (κ2) is 22.5. The zero-order chi connectivity index (χ0) is 36.2. The molecule has 1 aromatic heterocycles. The lowest BCUT2D eigenvalue weighted by Gasteiger charge is -2.43. The molecule has 1 aliphatic rings. The Labute approximate surface area is 314 Å². The number of aromatic nitrogens is 3. The van der Waals surface area contributed by atoms with Gasteiger partial charge in [0.1, 0.15) is 6.33 Å². The maximum atomic E-state index is 12.6. The van der Waals surface area contributed by atoms with Crippen LogP contribution < -0.4 is 5.32 Å². The smallest absolute Gasteiger partial charge is 0.220 e. The number of aliphatic hydroxyl groups is 1. The van der Waals surface area contributed by atoms with Crippen LogP contribution in [0.4, 0.5) is 0 Å². The zero-order valence-electron chi connectivity index (χ0n) is 30.9. The van der Waals surface area contributed by atoms with Gasteiger partial charge in [-0.25, -0.2) is 4.98 Å².